The fraction of sp³-hybridized carbons (Fsp3) is 0.357. The molecule has 2 aromatic rings. The van der Waals surface area contributed by atoms with E-state index in [0.29, 0.717) is 17.3 Å². The molecule has 1 aromatic carbocycles. The van der Waals surface area contributed by atoms with Gasteiger partial charge in [0, 0.05) is 18.5 Å². The van der Waals surface area contributed by atoms with E-state index in [1.165, 1.54) is 4.68 Å². The lowest BCUT2D eigenvalue weighted by atomic mass is 10.1. The maximum Gasteiger partial charge on any atom is 0.274 e. The van der Waals surface area contributed by atoms with Gasteiger partial charge in [0.15, 0.2) is 5.69 Å². The molecule has 0 bridgehead atoms. The van der Waals surface area contributed by atoms with E-state index in [4.69, 9.17) is 5.11 Å². The second-order valence-corrected chi connectivity index (χ2v) is 4.40. The molecular weight excluding hydrogens is 258 g/mol. The summed E-state index contributed by atoms with van der Waals surface area (Å²) in [6, 6.07) is 6.91. The molecule has 20 heavy (non-hydrogen) atoms. The SMILES string of the molecule is CCCn1nc(C(=O)NCCO)c2ccccc2c1=O. The highest BCUT2D eigenvalue weighted by atomic mass is 16.3. The summed E-state index contributed by atoms with van der Waals surface area (Å²) in [7, 11) is 0. The predicted molar refractivity (Wildman–Crippen MR) is 75.7 cm³/mol. The van der Waals surface area contributed by atoms with E-state index in [2.05, 4.69) is 10.4 Å². The molecule has 0 aliphatic rings. The Morgan fingerprint density at radius 1 is 1.35 bits per heavy atom. The highest BCUT2D eigenvalue weighted by Crippen LogP contribution is 2.13. The van der Waals surface area contributed by atoms with Gasteiger partial charge in [0.2, 0.25) is 0 Å². The van der Waals surface area contributed by atoms with Crippen molar-refractivity contribution in [3.05, 3.63) is 40.3 Å². The summed E-state index contributed by atoms with van der Waals surface area (Å²) >= 11 is 0. The number of nitrogens with one attached hydrogen (secondary N) is 1. The van der Waals surface area contributed by atoms with Gasteiger partial charge in [-0.3, -0.25) is 9.59 Å². The van der Waals surface area contributed by atoms with E-state index in [9.17, 15) is 9.59 Å². The third-order valence-electron chi connectivity index (χ3n) is 2.92. The summed E-state index contributed by atoms with van der Waals surface area (Å²) in [5, 5.41) is 16.5. The molecule has 2 rings (SSSR count). The van der Waals surface area contributed by atoms with Crippen LogP contribution in [-0.4, -0.2) is 33.9 Å². The first-order valence-corrected chi connectivity index (χ1v) is 6.58. The third kappa shape index (κ3) is 2.70. The minimum atomic E-state index is -0.389. The number of nitrogens with zero attached hydrogens (tertiary/aromatic N) is 2. The minimum absolute atomic E-state index is 0.141. The number of fused-ring (bicyclic) bond motifs is 1. The first-order chi connectivity index (χ1) is 9.69. The molecule has 1 amide bonds. The molecule has 6 nitrogen and oxygen atoms in total. The van der Waals surface area contributed by atoms with Gasteiger partial charge in [0.1, 0.15) is 0 Å². The van der Waals surface area contributed by atoms with Gasteiger partial charge in [0.25, 0.3) is 11.5 Å². The number of aromatic nitrogens is 2. The van der Waals surface area contributed by atoms with E-state index in [-0.39, 0.29) is 30.3 Å². The lowest BCUT2D eigenvalue weighted by molar-refractivity contribution is 0.0939. The molecule has 2 N–H and O–H groups in total. The molecule has 106 valence electrons. The van der Waals surface area contributed by atoms with Crippen LogP contribution < -0.4 is 10.9 Å². The van der Waals surface area contributed by atoms with Crippen molar-refractivity contribution in [1.82, 2.24) is 15.1 Å². The van der Waals surface area contributed by atoms with Crippen molar-refractivity contribution in [3.8, 4) is 0 Å². The minimum Gasteiger partial charge on any atom is -0.395 e. The molecule has 0 spiro atoms. The van der Waals surface area contributed by atoms with E-state index in [1.54, 1.807) is 24.3 Å². The van der Waals surface area contributed by atoms with Crippen LogP contribution in [0.1, 0.15) is 23.8 Å². The molecule has 1 heterocycles. The summed E-state index contributed by atoms with van der Waals surface area (Å²) in [5.41, 5.74) is 0.0169. The number of carbonyl (C=O) groups excluding carboxylic acids is 1. The quantitative estimate of drug-likeness (QED) is 0.833. The molecule has 0 aliphatic carbocycles. The van der Waals surface area contributed by atoms with Crippen LogP contribution in [0.4, 0.5) is 0 Å². The monoisotopic (exact) mass is 275 g/mol. The fourth-order valence-corrected chi connectivity index (χ4v) is 2.02. The normalized spacial score (nSPS) is 10.7. The number of hydrogen-bond acceptors (Lipinski definition) is 4. The molecule has 0 aliphatic heterocycles. The smallest absolute Gasteiger partial charge is 0.274 e. The first kappa shape index (κ1) is 14.2. The number of amides is 1. The summed E-state index contributed by atoms with van der Waals surface area (Å²) in [6.45, 7) is 2.42. The maximum atomic E-state index is 12.2. The van der Waals surface area contributed by atoms with Gasteiger partial charge in [-0.25, -0.2) is 4.68 Å². The zero-order chi connectivity index (χ0) is 14.5. The number of aliphatic hydroxyl groups is 1. The standard InChI is InChI=1S/C14H17N3O3/c1-2-8-17-14(20)11-6-4-3-5-10(11)12(16-17)13(19)15-7-9-18/h3-6,18H,2,7-9H2,1H3,(H,15,19). The van der Waals surface area contributed by atoms with Crippen molar-refractivity contribution in [1.29, 1.82) is 0 Å². The van der Waals surface area contributed by atoms with E-state index in [1.807, 2.05) is 6.92 Å². The molecule has 0 atom stereocenters. The number of aryl methyl sites for hydroxylation is 1. The Hall–Kier alpha value is -2.21. The fourth-order valence-electron chi connectivity index (χ4n) is 2.02. The molecular formula is C14H17N3O3. The number of hydrogen-bond donors (Lipinski definition) is 2. The topological polar surface area (TPSA) is 84.2 Å². The lowest BCUT2D eigenvalue weighted by Crippen LogP contribution is -2.32. The van der Waals surface area contributed by atoms with Crippen molar-refractivity contribution in [2.75, 3.05) is 13.2 Å². The second-order valence-electron chi connectivity index (χ2n) is 4.40. The van der Waals surface area contributed by atoms with E-state index >= 15 is 0 Å². The van der Waals surface area contributed by atoms with Crippen LogP contribution in [-0.2, 0) is 6.54 Å². The lowest BCUT2D eigenvalue weighted by Gasteiger charge is -2.10. The van der Waals surface area contributed by atoms with E-state index < -0.39 is 0 Å². The number of carbonyl (C=O) groups is 1. The van der Waals surface area contributed by atoms with Gasteiger partial charge in [-0.05, 0) is 12.5 Å². The zero-order valence-corrected chi connectivity index (χ0v) is 11.3. The number of aliphatic hydroxyl groups excluding tert-OH is 1. The molecule has 6 heteroatoms. The molecule has 0 saturated carbocycles. The molecule has 0 fully saturated rings. The Bertz CT molecular complexity index is 679. The largest absolute Gasteiger partial charge is 0.395 e. The highest BCUT2D eigenvalue weighted by Gasteiger charge is 2.15. The van der Waals surface area contributed by atoms with Gasteiger partial charge in [0.05, 0.1) is 12.0 Å². The summed E-state index contributed by atoms with van der Waals surface area (Å²) in [5.74, 6) is -0.389. The Morgan fingerprint density at radius 2 is 2.05 bits per heavy atom. The van der Waals surface area contributed by atoms with E-state index in [0.717, 1.165) is 6.42 Å². The Kier molecular flexibility index (Phi) is 4.47. The van der Waals surface area contributed by atoms with Gasteiger partial charge in [-0.15, -0.1) is 0 Å². The van der Waals surface area contributed by atoms with Crippen molar-refractivity contribution in [2.24, 2.45) is 0 Å². The summed E-state index contributed by atoms with van der Waals surface area (Å²) in [6.07, 6.45) is 0.753. The van der Waals surface area contributed by atoms with Crippen LogP contribution in [0, 0.1) is 0 Å². The van der Waals surface area contributed by atoms with Crippen LogP contribution >= 0.6 is 0 Å². The van der Waals surface area contributed by atoms with Crippen molar-refractivity contribution >= 4 is 16.7 Å². The Labute approximate surface area is 116 Å². The van der Waals surface area contributed by atoms with Crippen LogP contribution in [0.15, 0.2) is 29.1 Å². The third-order valence-corrected chi connectivity index (χ3v) is 2.92. The Morgan fingerprint density at radius 3 is 2.70 bits per heavy atom. The van der Waals surface area contributed by atoms with Crippen molar-refractivity contribution < 1.29 is 9.90 Å². The Balaban J connectivity index is 2.60. The summed E-state index contributed by atoms with van der Waals surface area (Å²) < 4.78 is 1.32. The predicted octanol–water partition coefficient (Wildman–Crippen LogP) is 0.529. The van der Waals surface area contributed by atoms with Crippen molar-refractivity contribution in [2.45, 2.75) is 19.9 Å². The second kappa shape index (κ2) is 6.29. The maximum absolute atomic E-state index is 12.2. The molecule has 1 aromatic heterocycles. The average molecular weight is 275 g/mol. The van der Waals surface area contributed by atoms with Crippen LogP contribution in [0.25, 0.3) is 10.8 Å². The highest BCUT2D eigenvalue weighted by molar-refractivity contribution is 6.04. The number of benzene rings is 1. The zero-order valence-electron chi connectivity index (χ0n) is 11.3. The molecule has 0 radical (unpaired) electrons. The molecule has 0 saturated heterocycles. The summed E-state index contributed by atoms with van der Waals surface area (Å²) in [4.78, 5) is 24.3. The van der Waals surface area contributed by atoms with Gasteiger partial charge in [-0.1, -0.05) is 25.1 Å². The first-order valence-electron chi connectivity index (χ1n) is 6.58. The van der Waals surface area contributed by atoms with Crippen LogP contribution in [0.2, 0.25) is 0 Å². The van der Waals surface area contributed by atoms with Crippen LogP contribution in [0.5, 0.6) is 0 Å². The van der Waals surface area contributed by atoms with Gasteiger partial charge in [-0.2, -0.15) is 5.10 Å². The van der Waals surface area contributed by atoms with Gasteiger partial charge >= 0.3 is 0 Å². The number of rotatable bonds is 5. The van der Waals surface area contributed by atoms with Crippen LogP contribution in [0.3, 0.4) is 0 Å². The molecule has 0 unspecified atom stereocenters. The average Bonchev–Trinajstić information content (AvgIpc) is 2.48. The van der Waals surface area contributed by atoms with Crippen molar-refractivity contribution in [3.63, 3.8) is 0 Å². The van der Waals surface area contributed by atoms with Gasteiger partial charge < -0.3 is 10.4 Å².